The minimum absolute atomic E-state index is 0.0196. The Labute approximate surface area is 144 Å². The van der Waals surface area contributed by atoms with Crippen LogP contribution in [0, 0.1) is 15.9 Å². The number of hydrogen-bond acceptors (Lipinski definition) is 5. The summed E-state index contributed by atoms with van der Waals surface area (Å²) >= 11 is 0. The van der Waals surface area contributed by atoms with Gasteiger partial charge in [0, 0.05) is 6.54 Å². The molecule has 0 aliphatic carbocycles. The molecule has 0 saturated heterocycles. The van der Waals surface area contributed by atoms with Crippen LogP contribution >= 0.6 is 0 Å². The third-order valence-electron chi connectivity index (χ3n) is 3.43. The van der Waals surface area contributed by atoms with E-state index in [4.69, 9.17) is 4.74 Å². The molecule has 0 fully saturated rings. The van der Waals surface area contributed by atoms with Crippen LogP contribution in [0.1, 0.15) is 5.56 Å². The van der Waals surface area contributed by atoms with Gasteiger partial charge in [0.1, 0.15) is 17.3 Å². The van der Waals surface area contributed by atoms with E-state index in [2.05, 4.69) is 5.32 Å². The van der Waals surface area contributed by atoms with Gasteiger partial charge in [-0.2, -0.15) is 0 Å². The zero-order valence-corrected chi connectivity index (χ0v) is 13.9. The SMILES string of the molecule is COc1cccc(CN(C)CC(=O)Nc2ccc(F)cc2[N+](=O)[O-])c1. The van der Waals surface area contributed by atoms with Crippen LogP contribution in [0.3, 0.4) is 0 Å². The van der Waals surface area contributed by atoms with Gasteiger partial charge < -0.3 is 10.1 Å². The van der Waals surface area contributed by atoms with E-state index in [1.165, 1.54) is 6.07 Å². The normalized spacial score (nSPS) is 10.6. The molecule has 0 heterocycles. The monoisotopic (exact) mass is 347 g/mol. The van der Waals surface area contributed by atoms with E-state index in [9.17, 15) is 19.3 Å². The van der Waals surface area contributed by atoms with Crippen molar-refractivity contribution in [3.05, 3.63) is 64.0 Å². The Morgan fingerprint density at radius 2 is 2.08 bits per heavy atom. The number of methoxy groups -OCH3 is 1. The average molecular weight is 347 g/mol. The van der Waals surface area contributed by atoms with E-state index < -0.39 is 22.3 Å². The van der Waals surface area contributed by atoms with Gasteiger partial charge in [0.25, 0.3) is 5.69 Å². The first kappa shape index (κ1) is 18.3. The molecule has 7 nitrogen and oxygen atoms in total. The zero-order chi connectivity index (χ0) is 18.4. The fourth-order valence-electron chi connectivity index (χ4n) is 2.33. The van der Waals surface area contributed by atoms with Crippen LogP contribution in [0.25, 0.3) is 0 Å². The lowest BCUT2D eigenvalue weighted by Crippen LogP contribution is -2.30. The molecule has 0 unspecified atom stereocenters. The number of nitrogens with one attached hydrogen (secondary N) is 1. The summed E-state index contributed by atoms with van der Waals surface area (Å²) in [4.78, 5) is 24.1. The second kappa shape index (κ2) is 8.20. The number of hydrogen-bond donors (Lipinski definition) is 1. The van der Waals surface area contributed by atoms with Gasteiger partial charge in [-0.1, -0.05) is 12.1 Å². The third kappa shape index (κ3) is 5.25. The number of likely N-dealkylation sites (N-methyl/N-ethyl adjacent to an activating group) is 1. The van der Waals surface area contributed by atoms with Crippen molar-refractivity contribution in [1.82, 2.24) is 4.90 Å². The first-order valence-electron chi connectivity index (χ1n) is 7.44. The van der Waals surface area contributed by atoms with Crippen LogP contribution in [0.15, 0.2) is 42.5 Å². The number of nitrogens with zero attached hydrogens (tertiary/aromatic N) is 2. The Morgan fingerprint density at radius 1 is 1.32 bits per heavy atom. The molecule has 0 radical (unpaired) electrons. The highest BCUT2D eigenvalue weighted by atomic mass is 19.1. The minimum Gasteiger partial charge on any atom is -0.497 e. The van der Waals surface area contributed by atoms with E-state index in [0.717, 1.165) is 23.4 Å². The maximum Gasteiger partial charge on any atom is 0.295 e. The molecule has 2 rings (SSSR count). The van der Waals surface area contributed by atoms with Crippen LogP contribution < -0.4 is 10.1 Å². The van der Waals surface area contributed by atoms with Crippen molar-refractivity contribution in [2.24, 2.45) is 0 Å². The number of carbonyl (C=O) groups excluding carboxylic acids is 1. The summed E-state index contributed by atoms with van der Waals surface area (Å²) in [6.45, 7) is 0.516. The predicted molar refractivity (Wildman–Crippen MR) is 91.0 cm³/mol. The van der Waals surface area contributed by atoms with Gasteiger partial charge in [0.2, 0.25) is 5.91 Å². The summed E-state index contributed by atoms with van der Waals surface area (Å²) in [5.74, 6) is -0.447. The Balaban J connectivity index is 1.99. The molecule has 132 valence electrons. The Bertz CT molecular complexity index is 782. The summed E-state index contributed by atoms with van der Waals surface area (Å²) in [5, 5.41) is 13.4. The average Bonchev–Trinajstić information content (AvgIpc) is 2.56. The lowest BCUT2D eigenvalue weighted by atomic mass is 10.2. The molecule has 0 saturated carbocycles. The summed E-state index contributed by atoms with van der Waals surface area (Å²) in [5.41, 5.74) is 0.442. The molecule has 0 aromatic heterocycles. The largest absolute Gasteiger partial charge is 0.497 e. The standard InChI is InChI=1S/C17H18FN3O4/c1-20(10-12-4-3-5-14(8-12)25-2)11-17(22)19-15-7-6-13(18)9-16(15)21(23)24/h3-9H,10-11H2,1-2H3,(H,19,22). The molecule has 0 bridgehead atoms. The van der Waals surface area contributed by atoms with Crippen molar-refractivity contribution >= 4 is 17.3 Å². The van der Waals surface area contributed by atoms with Crippen LogP contribution in [0.4, 0.5) is 15.8 Å². The Hall–Kier alpha value is -3.00. The number of amides is 1. The van der Waals surface area contributed by atoms with Crippen molar-refractivity contribution in [3.63, 3.8) is 0 Å². The van der Waals surface area contributed by atoms with E-state index in [1.54, 1.807) is 19.1 Å². The number of halogens is 1. The van der Waals surface area contributed by atoms with Crippen LogP contribution in [-0.2, 0) is 11.3 Å². The summed E-state index contributed by atoms with van der Waals surface area (Å²) in [6, 6.07) is 10.4. The highest BCUT2D eigenvalue weighted by molar-refractivity contribution is 5.94. The first-order valence-corrected chi connectivity index (χ1v) is 7.44. The predicted octanol–water partition coefficient (Wildman–Crippen LogP) is 2.81. The number of ether oxygens (including phenoxy) is 1. The number of anilines is 1. The molecule has 0 aliphatic heterocycles. The van der Waals surface area contributed by atoms with E-state index in [1.807, 2.05) is 24.3 Å². The van der Waals surface area contributed by atoms with Gasteiger partial charge in [0.15, 0.2) is 0 Å². The molecular weight excluding hydrogens is 329 g/mol. The molecule has 1 amide bonds. The topological polar surface area (TPSA) is 84.7 Å². The number of benzene rings is 2. The fourth-order valence-corrected chi connectivity index (χ4v) is 2.33. The Morgan fingerprint density at radius 3 is 2.76 bits per heavy atom. The van der Waals surface area contributed by atoms with E-state index >= 15 is 0 Å². The van der Waals surface area contributed by atoms with Gasteiger partial charge in [-0.3, -0.25) is 19.8 Å². The third-order valence-corrected chi connectivity index (χ3v) is 3.43. The number of carbonyl (C=O) groups is 1. The van der Waals surface area contributed by atoms with Crippen molar-refractivity contribution in [3.8, 4) is 5.75 Å². The second-order valence-electron chi connectivity index (χ2n) is 5.49. The molecular formula is C17H18FN3O4. The number of nitro groups is 1. The van der Waals surface area contributed by atoms with Gasteiger partial charge in [-0.25, -0.2) is 4.39 Å². The highest BCUT2D eigenvalue weighted by Gasteiger charge is 2.17. The van der Waals surface area contributed by atoms with Gasteiger partial charge in [-0.05, 0) is 36.9 Å². The van der Waals surface area contributed by atoms with Crippen molar-refractivity contribution in [2.45, 2.75) is 6.54 Å². The molecule has 2 aromatic rings. The first-order chi connectivity index (χ1) is 11.9. The van der Waals surface area contributed by atoms with Crippen molar-refractivity contribution in [2.75, 3.05) is 26.0 Å². The quantitative estimate of drug-likeness (QED) is 0.615. The van der Waals surface area contributed by atoms with Gasteiger partial charge >= 0.3 is 0 Å². The van der Waals surface area contributed by atoms with Gasteiger partial charge in [-0.15, -0.1) is 0 Å². The lowest BCUT2D eigenvalue weighted by molar-refractivity contribution is -0.384. The lowest BCUT2D eigenvalue weighted by Gasteiger charge is -2.16. The van der Waals surface area contributed by atoms with Gasteiger partial charge in [0.05, 0.1) is 24.6 Å². The van der Waals surface area contributed by atoms with E-state index in [0.29, 0.717) is 6.54 Å². The summed E-state index contributed by atoms with van der Waals surface area (Å²) in [6.07, 6.45) is 0. The molecule has 8 heteroatoms. The second-order valence-corrected chi connectivity index (χ2v) is 5.49. The highest BCUT2D eigenvalue weighted by Crippen LogP contribution is 2.25. The number of rotatable bonds is 7. The Kier molecular flexibility index (Phi) is 6.02. The molecule has 1 N–H and O–H groups in total. The fraction of sp³-hybridized carbons (Fsp3) is 0.235. The molecule has 0 aliphatic rings. The molecule has 25 heavy (non-hydrogen) atoms. The maximum atomic E-state index is 13.1. The minimum atomic E-state index is -0.737. The summed E-state index contributed by atoms with van der Waals surface area (Å²) in [7, 11) is 3.32. The molecule has 2 aromatic carbocycles. The van der Waals surface area contributed by atoms with Crippen LogP contribution in [0.5, 0.6) is 5.75 Å². The molecule has 0 spiro atoms. The molecule has 0 atom stereocenters. The maximum absolute atomic E-state index is 13.1. The smallest absolute Gasteiger partial charge is 0.295 e. The van der Waals surface area contributed by atoms with Crippen molar-refractivity contribution < 1.29 is 18.8 Å². The zero-order valence-electron chi connectivity index (χ0n) is 13.9. The number of nitro benzene ring substituents is 1. The summed E-state index contributed by atoms with van der Waals surface area (Å²) < 4.78 is 18.3. The van der Waals surface area contributed by atoms with Crippen molar-refractivity contribution in [1.29, 1.82) is 0 Å². The van der Waals surface area contributed by atoms with E-state index in [-0.39, 0.29) is 12.2 Å². The van der Waals surface area contributed by atoms with Crippen LogP contribution in [-0.4, -0.2) is 36.4 Å². The van der Waals surface area contributed by atoms with Crippen LogP contribution in [0.2, 0.25) is 0 Å².